The maximum absolute atomic E-state index is 9.04. The summed E-state index contributed by atoms with van der Waals surface area (Å²) in [6.07, 6.45) is 2.43. The summed E-state index contributed by atoms with van der Waals surface area (Å²) in [5.74, 6) is 1.77. The summed E-state index contributed by atoms with van der Waals surface area (Å²) in [6.45, 7) is 12.6. The summed E-state index contributed by atoms with van der Waals surface area (Å²) in [5, 5.41) is 17.3. The van der Waals surface area contributed by atoms with Crippen LogP contribution in [0.5, 0.6) is 0 Å². The van der Waals surface area contributed by atoms with E-state index in [1.807, 2.05) is 0 Å². The molecule has 2 aliphatic heterocycles. The van der Waals surface area contributed by atoms with Crippen molar-refractivity contribution in [3.63, 3.8) is 0 Å². The first kappa shape index (κ1) is 17.8. The molecule has 0 bridgehead atoms. The Balaban J connectivity index is 1.41. The van der Waals surface area contributed by atoms with Crippen molar-refractivity contribution in [2.75, 3.05) is 52.4 Å². The quantitative estimate of drug-likeness (QED) is 0.822. The highest BCUT2D eigenvalue weighted by Gasteiger charge is 2.27. The lowest BCUT2D eigenvalue weighted by Gasteiger charge is -2.42. The fourth-order valence-electron chi connectivity index (χ4n) is 3.69. The van der Waals surface area contributed by atoms with Gasteiger partial charge in [0.25, 0.3) is 0 Å². The Morgan fingerprint density at radius 1 is 1.04 bits per heavy atom. The molecule has 0 amide bonds. The number of likely N-dealkylation sites (tertiary alicyclic amines) is 1. The number of piperazine rings is 1. The molecular weight excluding hydrogens is 306 g/mol. The van der Waals surface area contributed by atoms with Gasteiger partial charge in [-0.05, 0) is 12.8 Å². The van der Waals surface area contributed by atoms with Gasteiger partial charge in [-0.2, -0.15) is 0 Å². The number of rotatable bonds is 6. The molecule has 2 fully saturated rings. The lowest BCUT2D eigenvalue weighted by Crippen LogP contribution is -2.53. The maximum Gasteiger partial charge on any atom is 0.230 e. The van der Waals surface area contributed by atoms with Crippen LogP contribution in [0.1, 0.15) is 44.4 Å². The fourth-order valence-corrected chi connectivity index (χ4v) is 3.69. The topological polar surface area (TPSA) is 68.9 Å². The number of piperidine rings is 1. The Labute approximate surface area is 144 Å². The minimum atomic E-state index is 0.270. The third-order valence-electron chi connectivity index (χ3n) is 5.23. The van der Waals surface area contributed by atoms with E-state index >= 15 is 0 Å². The minimum Gasteiger partial charge on any atom is -0.424 e. The molecule has 0 aliphatic carbocycles. The second kappa shape index (κ2) is 8.38. The molecule has 0 atom stereocenters. The van der Waals surface area contributed by atoms with E-state index in [4.69, 9.17) is 9.52 Å². The van der Waals surface area contributed by atoms with Crippen molar-refractivity contribution in [3.8, 4) is 0 Å². The zero-order valence-electron chi connectivity index (χ0n) is 15.0. The van der Waals surface area contributed by atoms with Gasteiger partial charge in [-0.15, -0.1) is 10.2 Å². The van der Waals surface area contributed by atoms with Crippen LogP contribution in [0.25, 0.3) is 0 Å². The van der Waals surface area contributed by atoms with Crippen molar-refractivity contribution >= 4 is 0 Å². The molecule has 7 heteroatoms. The van der Waals surface area contributed by atoms with Crippen molar-refractivity contribution < 1.29 is 9.52 Å². The summed E-state index contributed by atoms with van der Waals surface area (Å²) < 4.78 is 5.73. The van der Waals surface area contributed by atoms with Crippen molar-refractivity contribution in [1.82, 2.24) is 24.9 Å². The Kier molecular flexibility index (Phi) is 6.21. The van der Waals surface area contributed by atoms with Crippen LogP contribution in [0.3, 0.4) is 0 Å². The molecule has 0 radical (unpaired) electrons. The van der Waals surface area contributed by atoms with Crippen LogP contribution in [0, 0.1) is 0 Å². The van der Waals surface area contributed by atoms with Crippen molar-refractivity contribution in [2.24, 2.45) is 0 Å². The van der Waals surface area contributed by atoms with Gasteiger partial charge in [0, 0.05) is 57.8 Å². The Morgan fingerprint density at radius 2 is 1.75 bits per heavy atom. The average Bonchev–Trinajstić information content (AvgIpc) is 3.06. The monoisotopic (exact) mass is 337 g/mol. The van der Waals surface area contributed by atoms with Crippen molar-refractivity contribution in [1.29, 1.82) is 0 Å². The van der Waals surface area contributed by atoms with Crippen LogP contribution in [-0.4, -0.2) is 88.5 Å². The number of hydrogen-bond acceptors (Lipinski definition) is 7. The van der Waals surface area contributed by atoms with Crippen LogP contribution in [-0.2, 0) is 6.54 Å². The van der Waals surface area contributed by atoms with Gasteiger partial charge in [-0.1, -0.05) is 13.8 Å². The molecule has 2 aliphatic rings. The lowest BCUT2D eigenvalue weighted by atomic mass is 10.0. The summed E-state index contributed by atoms with van der Waals surface area (Å²) >= 11 is 0. The van der Waals surface area contributed by atoms with E-state index in [9.17, 15) is 0 Å². The first-order chi connectivity index (χ1) is 11.7. The zero-order valence-corrected chi connectivity index (χ0v) is 15.0. The molecule has 3 rings (SSSR count). The zero-order chi connectivity index (χ0) is 16.9. The molecule has 3 heterocycles. The SMILES string of the molecule is CC(C)c1nnc(CN2CCC(N3CCN(CCO)CC3)CC2)o1. The summed E-state index contributed by atoms with van der Waals surface area (Å²) in [5.41, 5.74) is 0. The van der Waals surface area contributed by atoms with E-state index in [1.165, 1.54) is 12.8 Å². The fraction of sp³-hybridized carbons (Fsp3) is 0.882. The van der Waals surface area contributed by atoms with Gasteiger partial charge in [0.2, 0.25) is 11.8 Å². The standard InChI is InChI=1S/C17H31N5O2/c1-14(2)17-19-18-16(24-17)13-21-5-3-15(4-6-21)22-9-7-20(8-10-22)11-12-23/h14-15,23H,3-13H2,1-2H3. The van der Waals surface area contributed by atoms with E-state index in [0.717, 1.165) is 64.1 Å². The second-order valence-corrected chi connectivity index (χ2v) is 7.30. The van der Waals surface area contributed by atoms with Gasteiger partial charge in [0.1, 0.15) is 0 Å². The van der Waals surface area contributed by atoms with Gasteiger partial charge in [0.05, 0.1) is 13.2 Å². The predicted octanol–water partition coefficient (Wildman–Crippen LogP) is 0.767. The number of hydrogen-bond donors (Lipinski definition) is 1. The molecule has 0 spiro atoms. The number of nitrogens with zero attached hydrogens (tertiary/aromatic N) is 5. The van der Waals surface area contributed by atoms with E-state index < -0.39 is 0 Å². The number of aliphatic hydroxyl groups is 1. The van der Waals surface area contributed by atoms with Gasteiger partial charge >= 0.3 is 0 Å². The molecule has 1 aromatic heterocycles. The van der Waals surface area contributed by atoms with Gasteiger partial charge < -0.3 is 9.52 Å². The van der Waals surface area contributed by atoms with Crippen molar-refractivity contribution in [3.05, 3.63) is 11.8 Å². The molecular formula is C17H31N5O2. The molecule has 0 unspecified atom stereocenters. The minimum absolute atomic E-state index is 0.270. The smallest absolute Gasteiger partial charge is 0.230 e. The van der Waals surface area contributed by atoms with Crippen LogP contribution in [0.15, 0.2) is 4.42 Å². The van der Waals surface area contributed by atoms with Crippen molar-refractivity contribution in [2.45, 2.75) is 45.2 Å². The second-order valence-electron chi connectivity index (χ2n) is 7.30. The van der Waals surface area contributed by atoms with E-state index in [2.05, 4.69) is 38.7 Å². The van der Waals surface area contributed by atoms with Gasteiger partial charge in [0.15, 0.2) is 0 Å². The number of aromatic nitrogens is 2. The average molecular weight is 337 g/mol. The number of aliphatic hydroxyl groups excluding tert-OH is 1. The van der Waals surface area contributed by atoms with E-state index in [0.29, 0.717) is 12.0 Å². The summed E-state index contributed by atoms with van der Waals surface area (Å²) in [6, 6.07) is 0.700. The molecule has 1 N–H and O–H groups in total. The third-order valence-corrected chi connectivity index (χ3v) is 5.23. The third kappa shape index (κ3) is 4.53. The van der Waals surface area contributed by atoms with Crippen LogP contribution < -0.4 is 0 Å². The summed E-state index contributed by atoms with van der Waals surface area (Å²) in [7, 11) is 0. The van der Waals surface area contributed by atoms with E-state index in [-0.39, 0.29) is 6.61 Å². The largest absolute Gasteiger partial charge is 0.424 e. The van der Waals surface area contributed by atoms with E-state index in [1.54, 1.807) is 0 Å². The van der Waals surface area contributed by atoms with Crippen LogP contribution in [0.4, 0.5) is 0 Å². The Morgan fingerprint density at radius 3 is 2.33 bits per heavy atom. The molecule has 24 heavy (non-hydrogen) atoms. The summed E-state index contributed by atoms with van der Waals surface area (Å²) in [4.78, 5) is 7.42. The normalized spacial score (nSPS) is 22.5. The number of β-amino-alcohol motifs (C(OH)–C–C–N with tert-alkyl or cyclic N) is 1. The molecule has 0 saturated carbocycles. The van der Waals surface area contributed by atoms with Gasteiger partial charge in [-0.3, -0.25) is 14.7 Å². The molecule has 7 nitrogen and oxygen atoms in total. The molecule has 2 saturated heterocycles. The van der Waals surface area contributed by atoms with Gasteiger partial charge in [-0.25, -0.2) is 0 Å². The first-order valence-corrected chi connectivity index (χ1v) is 9.27. The molecule has 1 aromatic rings. The highest BCUT2D eigenvalue weighted by atomic mass is 16.4. The highest BCUT2D eigenvalue weighted by Crippen LogP contribution is 2.20. The Bertz CT molecular complexity index is 491. The molecule has 0 aromatic carbocycles. The maximum atomic E-state index is 9.04. The first-order valence-electron chi connectivity index (χ1n) is 9.27. The highest BCUT2D eigenvalue weighted by molar-refractivity contribution is 4.89. The molecule has 136 valence electrons. The van der Waals surface area contributed by atoms with Crippen LogP contribution >= 0.6 is 0 Å². The Hall–Kier alpha value is -1.02. The van der Waals surface area contributed by atoms with Crippen LogP contribution in [0.2, 0.25) is 0 Å². The lowest BCUT2D eigenvalue weighted by molar-refractivity contribution is 0.0499. The predicted molar refractivity (Wildman–Crippen MR) is 91.8 cm³/mol.